The van der Waals surface area contributed by atoms with Crippen LogP contribution in [-0.4, -0.2) is 11.9 Å². The summed E-state index contributed by atoms with van der Waals surface area (Å²) in [7, 11) is 1.90. The Balaban J connectivity index is -0.000000142. The second-order valence-corrected chi connectivity index (χ2v) is 1.98. The Morgan fingerprint density at radius 1 is 1.40 bits per heavy atom. The van der Waals surface area contributed by atoms with E-state index in [1.807, 2.05) is 38.8 Å². The van der Waals surface area contributed by atoms with Gasteiger partial charge in [0.2, 0.25) is 0 Å². The van der Waals surface area contributed by atoms with Gasteiger partial charge in [-0.1, -0.05) is 20.4 Å². The van der Waals surface area contributed by atoms with Gasteiger partial charge in [-0.3, -0.25) is 30.9 Å². The van der Waals surface area contributed by atoms with Crippen molar-refractivity contribution in [1.29, 1.82) is 0 Å². The maximum absolute atomic E-state index is 5.18. The van der Waals surface area contributed by atoms with Gasteiger partial charge in [-0.25, -0.2) is 0 Å². The smallest absolute Gasteiger partial charge is 0.00773 e. The molecular weight excluding hydrogens is 437 g/mol. The van der Waals surface area contributed by atoms with Gasteiger partial charge in [-0.05, 0) is 6.20 Å². The van der Waals surface area contributed by atoms with E-state index in [1.165, 1.54) is 6.08 Å². The number of hydrogen-bond donors (Lipinski definition) is 0. The second kappa shape index (κ2) is 17.7. The molecule has 0 unspecified atom stereocenters. The van der Waals surface area contributed by atoms with E-state index in [1.54, 1.807) is 12.3 Å². The first-order valence-electron chi connectivity index (χ1n) is 4.38. The molecule has 15 heavy (non-hydrogen) atoms. The van der Waals surface area contributed by atoms with Crippen molar-refractivity contribution in [1.82, 2.24) is 4.90 Å². The largest absolute Gasteiger partial charge is 0.388 e. The van der Waals surface area contributed by atoms with Gasteiger partial charge in [-0.2, -0.15) is 5.70 Å². The van der Waals surface area contributed by atoms with Crippen LogP contribution in [0.25, 0.3) is 0 Å². The summed E-state index contributed by atoms with van der Waals surface area (Å²) in [6, 6.07) is 0. The molecule has 0 aliphatic carbocycles. The minimum absolute atomic E-state index is 0. The molecule has 1 nitrogen and oxygen atoms in total. The van der Waals surface area contributed by atoms with Gasteiger partial charge in [-0.15, -0.1) is 6.92 Å². The predicted octanol–water partition coefficient (Wildman–Crippen LogP) is 3.79. The topological polar surface area (TPSA) is 3.24 Å². The molecule has 0 aromatic heterocycles. The first-order chi connectivity index (χ1) is 6.26. The van der Waals surface area contributed by atoms with Crippen LogP contribution < -0.4 is 0 Å². The summed E-state index contributed by atoms with van der Waals surface area (Å²) in [6.07, 6.45) is 9.81. The second-order valence-electron chi connectivity index (χ2n) is 1.98. The summed E-state index contributed by atoms with van der Waals surface area (Å²) in [5.74, 6) is 0. The molecule has 0 N–H and O–H groups in total. The molecule has 2 heteroatoms. The normalized spacial score (nSPS) is 8.93. The number of hydrogen-bond acceptors (Lipinski definition) is 1. The minimum atomic E-state index is 0. The minimum Gasteiger partial charge on any atom is -0.388 e. The van der Waals surface area contributed by atoms with Crippen molar-refractivity contribution in [2.45, 2.75) is 20.8 Å². The molecule has 0 spiro atoms. The maximum Gasteiger partial charge on any atom is 0.00773 e. The zero-order chi connectivity index (χ0) is 10.7. The average molecular weight is 459 g/mol. The molecule has 0 aromatic carbocycles. The van der Waals surface area contributed by atoms with Gasteiger partial charge in [0.1, 0.15) is 0 Å². The zero-order valence-electron chi connectivity index (χ0n) is 10.7. The van der Waals surface area contributed by atoms with Gasteiger partial charge in [0, 0.05) is 7.05 Å². The molecular formula is C13H22NRf-3. The third kappa shape index (κ3) is 11.8. The fraction of sp³-hybridized carbons (Fsp3) is 0.308. The molecule has 0 heterocycles. The van der Waals surface area contributed by atoms with Gasteiger partial charge in [0.25, 0.3) is 0 Å². The first-order valence-corrected chi connectivity index (χ1v) is 4.38. The van der Waals surface area contributed by atoms with Crippen molar-refractivity contribution >= 4 is 0 Å². The van der Waals surface area contributed by atoms with Crippen molar-refractivity contribution in [2.24, 2.45) is 0 Å². The van der Waals surface area contributed by atoms with Crippen LogP contribution in [0.1, 0.15) is 20.8 Å². The Labute approximate surface area is 90.1 Å². The van der Waals surface area contributed by atoms with E-state index in [4.69, 9.17) is 6.58 Å². The summed E-state index contributed by atoms with van der Waals surface area (Å²) in [5, 5.41) is 0. The van der Waals surface area contributed by atoms with E-state index >= 15 is 0 Å². The molecule has 0 radical (unpaired) electrons. The molecule has 0 fully saturated rings. The quantitative estimate of drug-likeness (QED) is 0.457. The average Bonchev–Trinajstić information content (AvgIpc) is 2.21. The van der Waals surface area contributed by atoms with Gasteiger partial charge >= 0.3 is 0 Å². The fourth-order valence-corrected chi connectivity index (χ4v) is 0.622. The van der Waals surface area contributed by atoms with Gasteiger partial charge < -0.3 is 12.3 Å². The van der Waals surface area contributed by atoms with Gasteiger partial charge in [0.15, 0.2) is 0 Å². The molecule has 0 aromatic rings. The monoisotopic (exact) mass is 459 g/mol. The van der Waals surface area contributed by atoms with Crippen LogP contribution in [-0.2, 0) is 0 Å². The van der Waals surface area contributed by atoms with Crippen molar-refractivity contribution in [3.63, 3.8) is 0 Å². The first kappa shape index (κ1) is 23.0. The number of allylic oxidation sites excluding steroid dienone is 4. The molecule has 0 aliphatic rings. The van der Waals surface area contributed by atoms with E-state index in [9.17, 15) is 0 Å². The van der Waals surface area contributed by atoms with E-state index < -0.39 is 0 Å². The zero-order valence-corrected chi connectivity index (χ0v) is 17.1. The van der Waals surface area contributed by atoms with Crippen LogP contribution >= 0.6 is 0 Å². The Morgan fingerprint density at radius 2 is 1.87 bits per heavy atom. The number of rotatable bonds is 4. The number of nitrogens with zero attached hydrogens (tertiary/aromatic N) is 1. The SMILES string of the molecule is CC.[CH-]=C/C=C\C(=[C-]C)N(C)C=C.[CH3-].[Rf]. The van der Waals surface area contributed by atoms with Crippen LogP contribution in [0.15, 0.2) is 36.7 Å². The third-order valence-electron chi connectivity index (χ3n) is 1.28. The van der Waals surface area contributed by atoms with Crippen LogP contribution in [0, 0.1) is 20.1 Å². The Hall–Kier alpha value is -2.24. The van der Waals surface area contributed by atoms with Crippen molar-refractivity contribution < 1.29 is 0 Å². The van der Waals surface area contributed by atoms with Gasteiger partial charge in [0.05, 0.1) is 0 Å². The molecule has 0 bridgehead atoms. The molecule has 0 saturated heterocycles. The summed E-state index contributed by atoms with van der Waals surface area (Å²) in [6.45, 7) is 14.6. The molecule has 0 saturated carbocycles. The summed E-state index contributed by atoms with van der Waals surface area (Å²) < 4.78 is 0. The van der Waals surface area contributed by atoms with Crippen molar-refractivity contribution in [3.05, 3.63) is 56.8 Å². The molecule has 0 atom stereocenters. The molecule has 0 rings (SSSR count). The Morgan fingerprint density at radius 3 is 2.13 bits per heavy atom. The van der Waals surface area contributed by atoms with Crippen LogP contribution in [0.2, 0.25) is 0 Å². The van der Waals surface area contributed by atoms with E-state index in [2.05, 4.69) is 12.7 Å². The molecule has 0 aliphatic heterocycles. The summed E-state index contributed by atoms with van der Waals surface area (Å²) in [4.78, 5) is 1.86. The van der Waals surface area contributed by atoms with Crippen molar-refractivity contribution in [2.75, 3.05) is 7.05 Å². The Kier molecular flexibility index (Phi) is 27.2. The van der Waals surface area contributed by atoms with E-state index in [-0.39, 0.29) is 7.43 Å². The van der Waals surface area contributed by atoms with Crippen molar-refractivity contribution in [3.8, 4) is 0 Å². The predicted molar refractivity (Wildman–Crippen MR) is 66.2 cm³/mol. The third-order valence-corrected chi connectivity index (χ3v) is 1.28. The van der Waals surface area contributed by atoms with E-state index in [0.29, 0.717) is 0 Å². The molecule has 84 valence electrons. The summed E-state index contributed by atoms with van der Waals surface area (Å²) in [5.41, 5.74) is 0.946. The number of likely N-dealkylation sites (N-methyl/N-ethyl adjacent to an activating group) is 1. The standard InChI is InChI=1S/C10H13N.C2H6.CH3.Rf/c1-5-8-9-10(6-2)11(4)7-3;1-2;;/h1,5,7-9H,3H2,2,4H3;1-2H3;1H3;/q-2;;-1;/b9-8-;;;. The maximum atomic E-state index is 5.18. The molecule has 0 amide bonds. The summed E-state index contributed by atoms with van der Waals surface area (Å²) >= 11 is 0. The van der Waals surface area contributed by atoms with Crippen LogP contribution in [0.5, 0.6) is 0 Å². The fourth-order valence-electron chi connectivity index (χ4n) is 0.622. The van der Waals surface area contributed by atoms with E-state index in [0.717, 1.165) is 5.70 Å². The van der Waals surface area contributed by atoms with Crippen LogP contribution in [0.3, 0.4) is 0 Å². The Bertz CT molecular complexity index is 193. The van der Waals surface area contributed by atoms with Crippen LogP contribution in [0.4, 0.5) is 0 Å².